The Labute approximate surface area is 223 Å². The van der Waals surface area contributed by atoms with Gasteiger partial charge in [0.1, 0.15) is 41.0 Å². The molecule has 0 fully saturated rings. The van der Waals surface area contributed by atoms with Crippen LogP contribution in [0.4, 0.5) is 65.9 Å². The Kier molecular flexibility index (Phi) is 7.78. The van der Waals surface area contributed by atoms with Gasteiger partial charge in [-0.05, 0) is 5.56 Å². The van der Waals surface area contributed by atoms with E-state index in [4.69, 9.17) is 0 Å². The van der Waals surface area contributed by atoms with E-state index in [1.165, 1.54) is 0 Å². The van der Waals surface area contributed by atoms with E-state index in [9.17, 15) is 44.6 Å². The highest BCUT2D eigenvalue weighted by atomic mass is 19.2. The lowest BCUT2D eigenvalue weighted by Crippen LogP contribution is -2.79. The number of halogens is 15. The van der Waals surface area contributed by atoms with Crippen LogP contribution in [-0.2, 0) is 6.61 Å². The Morgan fingerprint density at radius 1 is 0.357 bits per heavy atom. The van der Waals surface area contributed by atoms with Crippen molar-refractivity contribution in [1.82, 2.24) is 0 Å². The monoisotopic (exact) mass is 619 g/mol. The molecular formula is C25H7BF15O-. The lowest BCUT2D eigenvalue weighted by molar-refractivity contribution is 0.282. The molecule has 0 saturated heterocycles. The first-order valence-corrected chi connectivity index (χ1v) is 11.0. The van der Waals surface area contributed by atoms with E-state index in [1.807, 2.05) is 0 Å². The van der Waals surface area contributed by atoms with Crippen LogP contribution in [0.1, 0.15) is 5.56 Å². The minimum Gasteiger partial charge on any atom is -0.392 e. The Morgan fingerprint density at radius 3 is 0.786 bits per heavy atom. The molecule has 42 heavy (non-hydrogen) atoms. The van der Waals surface area contributed by atoms with Crippen molar-refractivity contribution in [3.63, 3.8) is 0 Å². The van der Waals surface area contributed by atoms with Crippen molar-refractivity contribution >= 4 is 28.0 Å². The summed E-state index contributed by atoms with van der Waals surface area (Å²) in [5.74, 6) is -46.0. The van der Waals surface area contributed by atoms with Gasteiger partial charge in [0.15, 0.2) is 52.4 Å². The normalized spacial score (nSPS) is 11.9. The molecule has 4 aromatic rings. The molecule has 1 N–H and O–H groups in total. The molecule has 0 spiro atoms. The van der Waals surface area contributed by atoms with Crippen molar-refractivity contribution in [3.05, 3.63) is 117 Å². The van der Waals surface area contributed by atoms with E-state index in [2.05, 4.69) is 0 Å². The smallest absolute Gasteiger partial charge is 0.200 e. The quantitative estimate of drug-likeness (QED) is 0.150. The molecule has 0 aromatic heterocycles. The Bertz CT molecular complexity index is 1520. The van der Waals surface area contributed by atoms with Crippen LogP contribution >= 0.6 is 0 Å². The lowest BCUT2D eigenvalue weighted by atomic mass is 9.12. The molecule has 0 radical (unpaired) electrons. The van der Waals surface area contributed by atoms with E-state index in [1.54, 1.807) is 0 Å². The summed E-state index contributed by atoms with van der Waals surface area (Å²) in [7, 11) is 0. The first-order chi connectivity index (χ1) is 19.6. The summed E-state index contributed by atoms with van der Waals surface area (Å²) in [5, 5.41) is 9.28. The zero-order valence-corrected chi connectivity index (χ0v) is 19.7. The third-order valence-electron chi connectivity index (χ3n) is 6.69. The van der Waals surface area contributed by atoms with Gasteiger partial charge in [0, 0.05) is 0 Å². The molecule has 222 valence electrons. The number of aliphatic hydroxyl groups excluding tert-OH is 1. The van der Waals surface area contributed by atoms with Crippen LogP contribution in [0.25, 0.3) is 0 Å². The first kappa shape index (κ1) is 30.8. The summed E-state index contributed by atoms with van der Waals surface area (Å²) in [6.07, 6.45) is -5.82. The lowest BCUT2D eigenvalue weighted by Gasteiger charge is -2.44. The number of hydrogen-bond acceptors (Lipinski definition) is 1. The molecule has 0 aliphatic rings. The van der Waals surface area contributed by atoms with Gasteiger partial charge >= 0.3 is 0 Å². The predicted octanol–water partition coefficient (Wildman–Crippen LogP) is 4.64. The van der Waals surface area contributed by atoms with Crippen LogP contribution in [0.3, 0.4) is 0 Å². The van der Waals surface area contributed by atoms with Gasteiger partial charge in [-0.1, -0.05) is 24.3 Å². The van der Waals surface area contributed by atoms with Gasteiger partial charge < -0.3 is 5.11 Å². The molecule has 4 rings (SSSR count). The van der Waals surface area contributed by atoms with Crippen LogP contribution in [0.15, 0.2) is 24.3 Å². The molecule has 0 saturated carbocycles. The van der Waals surface area contributed by atoms with E-state index in [-0.39, 0.29) is 5.56 Å². The fourth-order valence-corrected chi connectivity index (χ4v) is 4.85. The summed E-state index contributed by atoms with van der Waals surface area (Å²) < 4.78 is 221. The van der Waals surface area contributed by atoms with Crippen molar-refractivity contribution in [2.24, 2.45) is 0 Å². The minimum atomic E-state index is -5.82. The van der Waals surface area contributed by atoms with E-state index >= 15 is 26.3 Å². The average Bonchev–Trinajstić information content (AvgIpc) is 2.98. The Hall–Kier alpha value is -4.15. The van der Waals surface area contributed by atoms with Crippen molar-refractivity contribution in [1.29, 1.82) is 0 Å². The molecule has 0 amide bonds. The van der Waals surface area contributed by atoms with Gasteiger partial charge in [-0.25, -0.2) is 65.9 Å². The second-order valence-corrected chi connectivity index (χ2v) is 8.72. The number of rotatable bonds is 5. The van der Waals surface area contributed by atoms with E-state index < -0.39 is 122 Å². The maximum absolute atomic E-state index is 15.4. The first-order valence-electron chi connectivity index (χ1n) is 11.0. The number of hydrogen-bond donors (Lipinski definition) is 1. The van der Waals surface area contributed by atoms with Crippen LogP contribution in [-0.4, -0.2) is 11.3 Å². The van der Waals surface area contributed by atoms with Crippen LogP contribution in [0.5, 0.6) is 0 Å². The number of benzene rings is 4. The standard InChI is InChI=1S/C25H7BF15O/c27-11-8(12(28)18(34)23(39)17(11)33)26(7-3-1-6(5-42)2-4-7,9-13(29)19(35)24(40)20(36)14(9)30)10-15(31)21(37)25(41)22(38)16(10)32/h1-4,42H,5H2/q-1. The zero-order valence-electron chi connectivity index (χ0n) is 19.7. The van der Waals surface area contributed by atoms with Gasteiger partial charge in [-0.3, -0.25) is 0 Å². The van der Waals surface area contributed by atoms with Crippen LogP contribution in [0.2, 0.25) is 0 Å². The molecule has 0 unspecified atom stereocenters. The van der Waals surface area contributed by atoms with Crippen molar-refractivity contribution in [2.75, 3.05) is 0 Å². The largest absolute Gasteiger partial charge is 0.392 e. The molecule has 17 heteroatoms. The second kappa shape index (κ2) is 10.6. The zero-order chi connectivity index (χ0) is 31.6. The maximum Gasteiger partial charge on any atom is 0.200 e. The van der Waals surface area contributed by atoms with Crippen LogP contribution < -0.4 is 21.9 Å². The summed E-state index contributed by atoms with van der Waals surface area (Å²) >= 11 is 0. The molecule has 0 bridgehead atoms. The third kappa shape index (κ3) is 4.04. The van der Waals surface area contributed by atoms with Gasteiger partial charge in [0.05, 0.1) is 6.61 Å². The fourth-order valence-electron chi connectivity index (χ4n) is 4.85. The predicted molar refractivity (Wildman–Crippen MR) is 115 cm³/mol. The molecule has 4 aromatic carbocycles. The molecule has 0 heterocycles. The summed E-state index contributed by atoms with van der Waals surface area (Å²) in [6.45, 7) is -0.909. The Balaban J connectivity index is 2.54. The van der Waals surface area contributed by atoms with Crippen LogP contribution in [0, 0.1) is 87.3 Å². The maximum atomic E-state index is 15.4. The van der Waals surface area contributed by atoms with Crippen molar-refractivity contribution < 1.29 is 71.0 Å². The molecular weight excluding hydrogens is 612 g/mol. The highest BCUT2D eigenvalue weighted by molar-refractivity contribution is 7.20. The summed E-state index contributed by atoms with van der Waals surface area (Å²) in [6, 6.07) is 1.85. The highest BCUT2D eigenvalue weighted by Crippen LogP contribution is 2.28. The number of aliphatic hydroxyl groups is 1. The van der Waals surface area contributed by atoms with Crippen molar-refractivity contribution in [2.45, 2.75) is 6.61 Å². The average molecular weight is 619 g/mol. The molecule has 0 aliphatic heterocycles. The van der Waals surface area contributed by atoms with E-state index in [0.29, 0.717) is 24.3 Å². The van der Waals surface area contributed by atoms with Gasteiger partial charge in [-0.2, -0.15) is 5.46 Å². The van der Waals surface area contributed by atoms with Gasteiger partial charge in [-0.15, -0.1) is 16.4 Å². The topological polar surface area (TPSA) is 20.2 Å². The summed E-state index contributed by atoms with van der Waals surface area (Å²) in [5.41, 5.74) is -9.91. The summed E-state index contributed by atoms with van der Waals surface area (Å²) in [4.78, 5) is 0. The highest BCUT2D eigenvalue weighted by Gasteiger charge is 2.48. The minimum absolute atomic E-state index is 0.240. The van der Waals surface area contributed by atoms with Crippen molar-refractivity contribution in [3.8, 4) is 0 Å². The third-order valence-corrected chi connectivity index (χ3v) is 6.69. The fraction of sp³-hybridized carbons (Fsp3) is 0.0400. The van der Waals surface area contributed by atoms with Gasteiger partial charge in [0.25, 0.3) is 0 Å². The SMILES string of the molecule is OCc1ccc([B-](c2c(F)c(F)c(F)c(F)c2F)(c2c(F)c(F)c(F)c(F)c2F)c2c(F)c(F)c(F)c(F)c2F)cc1. The Morgan fingerprint density at radius 2 is 0.571 bits per heavy atom. The second-order valence-electron chi connectivity index (χ2n) is 8.72. The van der Waals surface area contributed by atoms with Gasteiger partial charge in [0.2, 0.25) is 0 Å². The molecule has 0 aliphatic carbocycles. The molecule has 0 atom stereocenters. The van der Waals surface area contributed by atoms with E-state index in [0.717, 1.165) is 0 Å². The molecule has 1 nitrogen and oxygen atoms in total.